The molecule has 88 valence electrons. The number of hydrogen-bond donors (Lipinski definition) is 1. The van der Waals surface area contributed by atoms with E-state index in [0.29, 0.717) is 11.8 Å². The Bertz CT molecular complexity index is 206. The number of amides is 1. The van der Waals surface area contributed by atoms with Gasteiger partial charge in [0.15, 0.2) is 0 Å². The molecule has 3 heteroatoms. The number of likely N-dealkylation sites (tertiary alicyclic amines) is 1. The summed E-state index contributed by atoms with van der Waals surface area (Å²) in [7, 11) is 1.98. The van der Waals surface area contributed by atoms with Gasteiger partial charge in [-0.3, -0.25) is 4.79 Å². The van der Waals surface area contributed by atoms with Crippen molar-refractivity contribution in [1.82, 2.24) is 10.2 Å². The molecular weight excluding hydrogens is 188 g/mol. The van der Waals surface area contributed by atoms with Crippen molar-refractivity contribution >= 4 is 5.91 Å². The minimum atomic E-state index is 0.211. The number of carbonyl (C=O) groups is 1. The topological polar surface area (TPSA) is 32.3 Å². The summed E-state index contributed by atoms with van der Waals surface area (Å²) >= 11 is 0. The van der Waals surface area contributed by atoms with E-state index in [2.05, 4.69) is 19.2 Å². The highest BCUT2D eigenvalue weighted by Gasteiger charge is 2.27. The molecule has 2 atom stereocenters. The van der Waals surface area contributed by atoms with Gasteiger partial charge in [-0.1, -0.05) is 20.3 Å². The molecular formula is C12H24N2O. The molecule has 2 unspecified atom stereocenters. The Morgan fingerprint density at radius 2 is 2.33 bits per heavy atom. The van der Waals surface area contributed by atoms with Gasteiger partial charge < -0.3 is 10.2 Å². The fraction of sp³-hybridized carbons (Fsp3) is 0.917. The highest BCUT2D eigenvalue weighted by atomic mass is 16.2. The van der Waals surface area contributed by atoms with E-state index < -0.39 is 0 Å². The third kappa shape index (κ3) is 3.49. The monoisotopic (exact) mass is 212 g/mol. The second-order valence-electron chi connectivity index (χ2n) is 4.69. The van der Waals surface area contributed by atoms with Crippen molar-refractivity contribution in [3.63, 3.8) is 0 Å². The van der Waals surface area contributed by atoms with Gasteiger partial charge in [-0.15, -0.1) is 0 Å². The maximum atomic E-state index is 12.0. The molecule has 0 aliphatic carbocycles. The Labute approximate surface area is 93.2 Å². The van der Waals surface area contributed by atoms with Gasteiger partial charge in [0.1, 0.15) is 0 Å². The molecule has 1 rings (SSSR count). The Kier molecular flexibility index (Phi) is 5.09. The van der Waals surface area contributed by atoms with Crippen LogP contribution in [0.2, 0.25) is 0 Å². The molecule has 1 heterocycles. The smallest absolute Gasteiger partial charge is 0.225 e. The van der Waals surface area contributed by atoms with Gasteiger partial charge in [0, 0.05) is 19.0 Å². The highest BCUT2D eigenvalue weighted by Crippen LogP contribution is 2.19. The zero-order valence-corrected chi connectivity index (χ0v) is 10.3. The molecule has 15 heavy (non-hydrogen) atoms. The third-order valence-electron chi connectivity index (χ3n) is 3.23. The van der Waals surface area contributed by atoms with Crippen LogP contribution in [0, 0.1) is 11.8 Å². The lowest BCUT2D eigenvalue weighted by molar-refractivity contribution is -0.134. The first-order valence-electron chi connectivity index (χ1n) is 6.12. The van der Waals surface area contributed by atoms with Crippen LogP contribution in [0.15, 0.2) is 0 Å². The molecule has 0 radical (unpaired) electrons. The number of nitrogens with one attached hydrogen (secondary N) is 1. The van der Waals surface area contributed by atoms with Gasteiger partial charge >= 0.3 is 0 Å². The lowest BCUT2D eigenvalue weighted by Crippen LogP contribution is -2.34. The van der Waals surface area contributed by atoms with E-state index >= 15 is 0 Å². The Hall–Kier alpha value is -0.570. The normalized spacial score (nSPS) is 23.1. The van der Waals surface area contributed by atoms with E-state index in [1.807, 2.05) is 11.9 Å². The Morgan fingerprint density at radius 1 is 1.60 bits per heavy atom. The molecule has 1 saturated heterocycles. The van der Waals surface area contributed by atoms with Gasteiger partial charge in [0.05, 0.1) is 0 Å². The molecule has 1 N–H and O–H groups in total. The largest absolute Gasteiger partial charge is 0.342 e. The maximum Gasteiger partial charge on any atom is 0.225 e. The summed E-state index contributed by atoms with van der Waals surface area (Å²) in [6.07, 6.45) is 3.28. The average molecular weight is 212 g/mol. The van der Waals surface area contributed by atoms with E-state index in [9.17, 15) is 4.79 Å². The summed E-state index contributed by atoms with van der Waals surface area (Å²) in [4.78, 5) is 14.0. The zero-order valence-electron chi connectivity index (χ0n) is 10.3. The molecule has 3 nitrogen and oxygen atoms in total. The Morgan fingerprint density at radius 3 is 2.93 bits per heavy atom. The molecule has 0 saturated carbocycles. The van der Waals surface area contributed by atoms with Gasteiger partial charge in [0.25, 0.3) is 0 Å². The molecule has 1 amide bonds. The predicted molar refractivity (Wildman–Crippen MR) is 62.7 cm³/mol. The van der Waals surface area contributed by atoms with Crippen LogP contribution in [-0.4, -0.2) is 37.5 Å². The molecule has 1 fully saturated rings. The van der Waals surface area contributed by atoms with Crippen molar-refractivity contribution in [2.24, 2.45) is 11.8 Å². The first-order valence-corrected chi connectivity index (χ1v) is 6.12. The van der Waals surface area contributed by atoms with Crippen molar-refractivity contribution in [3.8, 4) is 0 Å². The van der Waals surface area contributed by atoms with E-state index in [1.54, 1.807) is 0 Å². The van der Waals surface area contributed by atoms with Gasteiger partial charge in [0.2, 0.25) is 5.91 Å². The molecule has 1 aliphatic rings. The molecule has 0 aromatic carbocycles. The molecule has 0 bridgehead atoms. The summed E-state index contributed by atoms with van der Waals surface area (Å²) < 4.78 is 0. The number of nitrogens with zero attached hydrogens (tertiary/aromatic N) is 1. The minimum Gasteiger partial charge on any atom is -0.342 e. The molecule has 0 aromatic heterocycles. The number of carbonyl (C=O) groups excluding carboxylic acids is 1. The van der Waals surface area contributed by atoms with E-state index in [1.165, 1.54) is 0 Å². The third-order valence-corrected chi connectivity index (χ3v) is 3.23. The average Bonchev–Trinajstić information content (AvgIpc) is 2.66. The van der Waals surface area contributed by atoms with Crippen molar-refractivity contribution in [2.45, 2.75) is 33.1 Å². The summed E-state index contributed by atoms with van der Waals surface area (Å²) in [5, 5.41) is 3.19. The van der Waals surface area contributed by atoms with Crippen LogP contribution in [0.5, 0.6) is 0 Å². The second-order valence-corrected chi connectivity index (χ2v) is 4.69. The fourth-order valence-electron chi connectivity index (χ4n) is 2.36. The summed E-state index contributed by atoms with van der Waals surface area (Å²) in [5.41, 5.74) is 0. The van der Waals surface area contributed by atoms with Gasteiger partial charge in [-0.25, -0.2) is 0 Å². The lowest BCUT2D eigenvalue weighted by Gasteiger charge is -2.20. The number of rotatable bonds is 5. The van der Waals surface area contributed by atoms with Crippen molar-refractivity contribution in [1.29, 1.82) is 0 Å². The predicted octanol–water partition coefficient (Wildman–Crippen LogP) is 1.49. The standard InChI is InChI=1S/C12H24N2O/c1-4-5-10(2)12(15)14-7-6-11(9-14)8-13-3/h10-11,13H,4-9H2,1-3H3. The lowest BCUT2D eigenvalue weighted by atomic mass is 10.0. The van der Waals surface area contributed by atoms with E-state index in [4.69, 9.17) is 0 Å². The second kappa shape index (κ2) is 6.11. The quantitative estimate of drug-likeness (QED) is 0.749. The first kappa shape index (κ1) is 12.5. The summed E-state index contributed by atoms with van der Waals surface area (Å²) in [6.45, 7) is 7.13. The zero-order chi connectivity index (χ0) is 11.3. The molecule has 0 spiro atoms. The van der Waals surface area contributed by atoms with Crippen LogP contribution in [0.25, 0.3) is 0 Å². The molecule has 0 aromatic rings. The van der Waals surface area contributed by atoms with Crippen LogP contribution >= 0.6 is 0 Å². The first-order chi connectivity index (χ1) is 7.19. The fourth-order valence-corrected chi connectivity index (χ4v) is 2.36. The maximum absolute atomic E-state index is 12.0. The summed E-state index contributed by atoms with van der Waals surface area (Å²) in [6, 6.07) is 0. The van der Waals surface area contributed by atoms with Crippen molar-refractivity contribution in [2.75, 3.05) is 26.7 Å². The number of hydrogen-bond acceptors (Lipinski definition) is 2. The molecule has 1 aliphatic heterocycles. The SMILES string of the molecule is CCCC(C)C(=O)N1CCC(CNC)C1. The Balaban J connectivity index is 2.35. The van der Waals surface area contributed by atoms with Crippen LogP contribution in [0.4, 0.5) is 0 Å². The van der Waals surface area contributed by atoms with Gasteiger partial charge in [-0.05, 0) is 32.4 Å². The van der Waals surface area contributed by atoms with Crippen molar-refractivity contribution in [3.05, 3.63) is 0 Å². The van der Waals surface area contributed by atoms with E-state index in [0.717, 1.165) is 38.9 Å². The van der Waals surface area contributed by atoms with Crippen LogP contribution in [0.3, 0.4) is 0 Å². The minimum absolute atomic E-state index is 0.211. The summed E-state index contributed by atoms with van der Waals surface area (Å²) in [5.74, 6) is 1.23. The van der Waals surface area contributed by atoms with Crippen LogP contribution in [0.1, 0.15) is 33.1 Å². The van der Waals surface area contributed by atoms with E-state index in [-0.39, 0.29) is 5.92 Å². The van der Waals surface area contributed by atoms with Crippen LogP contribution < -0.4 is 5.32 Å². The highest BCUT2D eigenvalue weighted by molar-refractivity contribution is 5.78. The van der Waals surface area contributed by atoms with Gasteiger partial charge in [-0.2, -0.15) is 0 Å². The van der Waals surface area contributed by atoms with Crippen molar-refractivity contribution < 1.29 is 4.79 Å². The van der Waals surface area contributed by atoms with Crippen LogP contribution in [-0.2, 0) is 4.79 Å².